The third kappa shape index (κ3) is 5.99. The number of carbonyl (C=O) groups excluding carboxylic acids is 3. The molecule has 4 bridgehead atoms. The topological polar surface area (TPSA) is 167 Å². The number of amides is 1. The lowest BCUT2D eigenvalue weighted by Crippen LogP contribution is -2.69. The normalized spacial score (nSPS) is 26.9. The highest BCUT2D eigenvalue weighted by molar-refractivity contribution is 7.99. The standard InChI is InChI=1S/C37H42N4O11S/c1-8-9-47-37(44)39-21-14-53-35-27-26(34-32(50-16-51-34)18(3)31(27)52-19(4)42)24(13-48-36(21)43)41-23(12-38)22-11-20-10-17(2)30(46-7)33(49-15-45-6)25(20)28(29(35)41)40(22)5/h8,10,21-24,28-29,35H,1,9,11,13-16H2,2-7H3,(H,39,44)/t21?,22-,23?,24-,28-,29?,35-/m1/s1. The van der Waals surface area contributed by atoms with E-state index in [1.165, 1.54) is 24.8 Å². The highest BCUT2D eigenvalue weighted by Gasteiger charge is 2.61. The molecule has 53 heavy (non-hydrogen) atoms. The third-order valence-electron chi connectivity index (χ3n) is 10.6. The summed E-state index contributed by atoms with van der Waals surface area (Å²) in [5.74, 6) is 1.13. The zero-order valence-corrected chi connectivity index (χ0v) is 31.2. The predicted octanol–water partition coefficient (Wildman–Crippen LogP) is 3.79. The molecule has 3 unspecified atom stereocenters. The van der Waals surface area contributed by atoms with E-state index < -0.39 is 53.5 Å². The van der Waals surface area contributed by atoms with Crippen LogP contribution in [0.1, 0.15) is 57.6 Å². The van der Waals surface area contributed by atoms with Gasteiger partial charge in [-0.25, -0.2) is 9.59 Å². The van der Waals surface area contributed by atoms with Gasteiger partial charge in [-0.1, -0.05) is 18.7 Å². The molecular formula is C37H42N4O11S. The van der Waals surface area contributed by atoms with Crippen LogP contribution >= 0.6 is 11.8 Å². The molecule has 0 aliphatic carbocycles. The van der Waals surface area contributed by atoms with Gasteiger partial charge in [0, 0.05) is 54.1 Å². The van der Waals surface area contributed by atoms with E-state index in [1.54, 1.807) is 14.2 Å². The number of nitrogens with zero attached hydrogens (tertiary/aromatic N) is 3. The SMILES string of the molecule is C=CCOC(=O)NC1CS[C@@H]2c3c(OC(C)=O)c(C)c4c(c3[C@@H](COC1=O)N1C(C#N)[C@H]3Cc5cc(C)c(OC)c(OCOC)c5[C@H](C21)N3C)OCO4. The second kappa shape index (κ2) is 14.6. The van der Waals surface area contributed by atoms with E-state index in [0.717, 1.165) is 16.7 Å². The van der Waals surface area contributed by atoms with Crippen molar-refractivity contribution in [1.82, 2.24) is 15.1 Å². The maximum Gasteiger partial charge on any atom is 0.408 e. The maximum absolute atomic E-state index is 13.7. The molecule has 0 saturated carbocycles. The number of hydrogen-bond acceptors (Lipinski definition) is 15. The minimum Gasteiger partial charge on any atom is -0.493 e. The fourth-order valence-electron chi connectivity index (χ4n) is 8.62. The fraction of sp³-hybridized carbons (Fsp3) is 0.514. The molecule has 16 heteroatoms. The first-order valence-corrected chi connectivity index (χ1v) is 18.3. The Bertz CT molecular complexity index is 1900. The van der Waals surface area contributed by atoms with E-state index in [2.05, 4.69) is 33.8 Å². The number of benzene rings is 2. The van der Waals surface area contributed by atoms with Gasteiger partial charge in [-0.15, -0.1) is 11.8 Å². The number of esters is 2. The van der Waals surface area contributed by atoms with Crippen LogP contribution in [0.4, 0.5) is 4.79 Å². The molecule has 15 nitrogen and oxygen atoms in total. The summed E-state index contributed by atoms with van der Waals surface area (Å²) >= 11 is 1.38. The van der Waals surface area contributed by atoms with E-state index in [0.29, 0.717) is 51.9 Å². The van der Waals surface area contributed by atoms with E-state index in [4.69, 9.17) is 37.9 Å². The lowest BCUT2D eigenvalue weighted by molar-refractivity contribution is -0.151. The third-order valence-corrected chi connectivity index (χ3v) is 12.0. The largest absolute Gasteiger partial charge is 0.493 e. The molecule has 0 spiro atoms. The van der Waals surface area contributed by atoms with E-state index in [-0.39, 0.29) is 38.6 Å². The molecule has 6 heterocycles. The summed E-state index contributed by atoms with van der Waals surface area (Å²) in [4.78, 5) is 43.6. The number of alkyl carbamates (subject to hydrolysis) is 1. The zero-order chi connectivity index (χ0) is 37.7. The Balaban J connectivity index is 1.50. The van der Waals surface area contributed by atoms with Crippen molar-refractivity contribution in [3.05, 3.63) is 52.1 Å². The Hall–Kier alpha value is -4.69. The van der Waals surface area contributed by atoms with Crippen molar-refractivity contribution in [2.24, 2.45) is 0 Å². The highest BCUT2D eigenvalue weighted by Crippen LogP contribution is 2.64. The molecule has 282 valence electrons. The summed E-state index contributed by atoms with van der Waals surface area (Å²) in [6, 6.07) is 0.967. The molecule has 8 rings (SSSR count). The molecular weight excluding hydrogens is 708 g/mol. The van der Waals surface area contributed by atoms with Crippen LogP contribution in [0.3, 0.4) is 0 Å². The number of thioether (sulfide) groups is 1. The van der Waals surface area contributed by atoms with E-state index in [1.807, 2.05) is 20.9 Å². The summed E-state index contributed by atoms with van der Waals surface area (Å²) in [7, 11) is 5.15. The molecule has 2 fully saturated rings. The van der Waals surface area contributed by atoms with Crippen molar-refractivity contribution in [1.29, 1.82) is 5.26 Å². The number of hydrogen-bond donors (Lipinski definition) is 1. The van der Waals surface area contributed by atoms with Crippen molar-refractivity contribution in [2.45, 2.75) is 68.7 Å². The lowest BCUT2D eigenvalue weighted by Gasteiger charge is -2.61. The Kier molecular flexibility index (Phi) is 10.1. The van der Waals surface area contributed by atoms with Crippen molar-refractivity contribution in [3.8, 4) is 34.8 Å². The molecule has 7 atom stereocenters. The molecule has 2 aromatic rings. The number of nitrogens with one attached hydrogen (secondary N) is 1. The predicted molar refractivity (Wildman–Crippen MR) is 189 cm³/mol. The van der Waals surface area contributed by atoms with Gasteiger partial charge in [0.25, 0.3) is 0 Å². The number of rotatable bonds is 8. The van der Waals surface area contributed by atoms with E-state index >= 15 is 0 Å². The number of ether oxygens (including phenoxy) is 8. The monoisotopic (exact) mass is 750 g/mol. The van der Waals surface area contributed by atoms with Crippen LogP contribution in [0.25, 0.3) is 0 Å². The number of fused-ring (bicyclic) bond motifs is 10. The molecule has 6 aliphatic heterocycles. The minimum absolute atomic E-state index is 0.0323. The molecule has 0 radical (unpaired) electrons. The second-order valence-corrected chi connectivity index (χ2v) is 14.7. The fourth-order valence-corrected chi connectivity index (χ4v) is 10.1. The van der Waals surface area contributed by atoms with Crippen molar-refractivity contribution in [2.75, 3.05) is 53.8 Å². The summed E-state index contributed by atoms with van der Waals surface area (Å²) in [5.41, 5.74) is 4.63. The molecule has 2 aromatic carbocycles. The van der Waals surface area contributed by atoms with Crippen LogP contribution in [0.15, 0.2) is 18.7 Å². The quantitative estimate of drug-likeness (QED) is 0.179. The van der Waals surface area contributed by atoms with Crippen LogP contribution in [0.2, 0.25) is 0 Å². The van der Waals surface area contributed by atoms with Gasteiger partial charge in [-0.3, -0.25) is 14.6 Å². The average Bonchev–Trinajstić information content (AvgIpc) is 3.62. The molecule has 1 N–H and O–H groups in total. The second-order valence-electron chi connectivity index (χ2n) is 13.5. The first-order chi connectivity index (χ1) is 25.6. The smallest absolute Gasteiger partial charge is 0.408 e. The summed E-state index contributed by atoms with van der Waals surface area (Å²) in [6.45, 7) is 8.32. The highest BCUT2D eigenvalue weighted by atomic mass is 32.2. The maximum atomic E-state index is 13.7. The first kappa shape index (κ1) is 36.7. The van der Waals surface area contributed by atoms with Crippen LogP contribution in [0, 0.1) is 25.2 Å². The van der Waals surface area contributed by atoms with Gasteiger partial charge in [0.1, 0.15) is 31.0 Å². The van der Waals surface area contributed by atoms with Crippen LogP contribution in [-0.2, 0) is 30.2 Å². The Morgan fingerprint density at radius 3 is 2.60 bits per heavy atom. The lowest BCUT2D eigenvalue weighted by atomic mass is 9.71. The molecule has 1 amide bonds. The van der Waals surface area contributed by atoms with Gasteiger partial charge in [0.2, 0.25) is 6.79 Å². The van der Waals surface area contributed by atoms with Gasteiger partial charge < -0.3 is 43.2 Å². The summed E-state index contributed by atoms with van der Waals surface area (Å²) in [5, 5.41) is 13.1. The minimum atomic E-state index is -1.09. The molecule has 0 aromatic heterocycles. The van der Waals surface area contributed by atoms with Crippen LogP contribution in [0.5, 0.6) is 28.7 Å². The number of aryl methyl sites for hydroxylation is 1. The zero-order valence-electron chi connectivity index (χ0n) is 30.4. The van der Waals surface area contributed by atoms with Gasteiger partial charge in [0.05, 0.1) is 30.5 Å². The molecule has 2 saturated heterocycles. The number of likely N-dealkylation sites (N-methyl/N-ethyl adjacent to an activating group) is 1. The van der Waals surface area contributed by atoms with Crippen molar-refractivity contribution in [3.63, 3.8) is 0 Å². The summed E-state index contributed by atoms with van der Waals surface area (Å²) in [6.07, 6.45) is 1.15. The van der Waals surface area contributed by atoms with Gasteiger partial charge in [0.15, 0.2) is 29.8 Å². The van der Waals surface area contributed by atoms with Gasteiger partial charge in [-0.2, -0.15) is 5.26 Å². The first-order valence-electron chi connectivity index (χ1n) is 17.2. The number of methoxy groups -OCH3 is 2. The van der Waals surface area contributed by atoms with Crippen LogP contribution in [-0.4, -0.2) is 106 Å². The number of carbonyl (C=O) groups is 3. The van der Waals surface area contributed by atoms with Crippen molar-refractivity contribution >= 4 is 29.8 Å². The van der Waals surface area contributed by atoms with Crippen molar-refractivity contribution < 1.29 is 52.3 Å². The average molecular weight is 751 g/mol. The molecule has 6 aliphatic rings. The van der Waals surface area contributed by atoms with Gasteiger partial charge in [-0.05, 0) is 38.4 Å². The number of nitriles is 1. The van der Waals surface area contributed by atoms with Gasteiger partial charge >= 0.3 is 18.0 Å². The Labute approximate surface area is 311 Å². The summed E-state index contributed by atoms with van der Waals surface area (Å²) < 4.78 is 47.0. The van der Waals surface area contributed by atoms with Crippen LogP contribution < -0.4 is 29.0 Å². The Morgan fingerprint density at radius 2 is 1.91 bits per heavy atom. The Morgan fingerprint density at radius 1 is 1.13 bits per heavy atom. The van der Waals surface area contributed by atoms with E-state index in [9.17, 15) is 19.6 Å². The number of piperazine rings is 1.